The first kappa shape index (κ1) is 19.3. The second-order valence-corrected chi connectivity index (χ2v) is 6.12. The number of amides is 2. The van der Waals surface area contributed by atoms with E-state index >= 15 is 0 Å². The van der Waals surface area contributed by atoms with E-state index in [0.29, 0.717) is 43.0 Å². The lowest BCUT2D eigenvalue weighted by molar-refractivity contribution is -0.119. The first-order chi connectivity index (χ1) is 13.6. The molecule has 2 heterocycles. The normalized spacial score (nSPS) is 13.8. The van der Waals surface area contributed by atoms with E-state index in [1.807, 2.05) is 0 Å². The van der Waals surface area contributed by atoms with Gasteiger partial charge in [0, 0.05) is 38.6 Å². The molecule has 146 valence electrons. The summed E-state index contributed by atoms with van der Waals surface area (Å²) in [5, 5.41) is 2.98. The van der Waals surface area contributed by atoms with Gasteiger partial charge in [0.1, 0.15) is 0 Å². The highest BCUT2D eigenvalue weighted by Gasteiger charge is 2.22. The first-order valence-electron chi connectivity index (χ1n) is 8.96. The number of anilines is 2. The van der Waals surface area contributed by atoms with E-state index in [0.717, 1.165) is 6.41 Å². The summed E-state index contributed by atoms with van der Waals surface area (Å²) in [5.41, 5.74) is 1.26. The first-order valence-corrected chi connectivity index (χ1v) is 8.96. The number of hydrogen-bond donors (Lipinski definition) is 1. The third-order valence-corrected chi connectivity index (χ3v) is 4.32. The Labute approximate surface area is 162 Å². The van der Waals surface area contributed by atoms with Gasteiger partial charge in [0.15, 0.2) is 0 Å². The van der Waals surface area contributed by atoms with E-state index < -0.39 is 5.97 Å². The van der Waals surface area contributed by atoms with Crippen molar-refractivity contribution in [2.75, 3.05) is 38.1 Å². The topological polar surface area (TPSA) is 105 Å². The molecular formula is C19H21N5O4. The fourth-order valence-corrected chi connectivity index (χ4v) is 2.82. The molecule has 1 aliphatic heterocycles. The SMILES string of the molecule is CCOC(=O)c1ccccc1Nc1ncc(C(=O)N2CCN(C=O)CC2)cn1. The number of esters is 1. The van der Waals surface area contributed by atoms with Crippen molar-refractivity contribution in [1.29, 1.82) is 0 Å². The fourth-order valence-electron chi connectivity index (χ4n) is 2.82. The molecule has 1 N–H and O–H groups in total. The molecular weight excluding hydrogens is 362 g/mol. The van der Waals surface area contributed by atoms with Crippen LogP contribution in [0.2, 0.25) is 0 Å². The number of carbonyl (C=O) groups is 3. The molecule has 9 heteroatoms. The molecule has 28 heavy (non-hydrogen) atoms. The van der Waals surface area contributed by atoms with Crippen molar-refractivity contribution in [3.63, 3.8) is 0 Å². The van der Waals surface area contributed by atoms with E-state index in [1.54, 1.807) is 41.0 Å². The number of aromatic nitrogens is 2. The van der Waals surface area contributed by atoms with Gasteiger partial charge in [-0.05, 0) is 19.1 Å². The number of para-hydroxylation sites is 1. The van der Waals surface area contributed by atoms with Gasteiger partial charge < -0.3 is 19.9 Å². The number of nitrogens with zero attached hydrogens (tertiary/aromatic N) is 4. The third kappa shape index (κ3) is 4.43. The van der Waals surface area contributed by atoms with Gasteiger partial charge in [0.25, 0.3) is 5.91 Å². The van der Waals surface area contributed by atoms with Crippen molar-refractivity contribution in [1.82, 2.24) is 19.8 Å². The van der Waals surface area contributed by atoms with Crippen LogP contribution < -0.4 is 5.32 Å². The molecule has 0 aliphatic carbocycles. The van der Waals surface area contributed by atoms with Crippen molar-refractivity contribution in [2.45, 2.75) is 6.92 Å². The van der Waals surface area contributed by atoms with Gasteiger partial charge in [0.2, 0.25) is 12.4 Å². The van der Waals surface area contributed by atoms with Gasteiger partial charge in [-0.3, -0.25) is 9.59 Å². The molecule has 2 amide bonds. The van der Waals surface area contributed by atoms with Crippen LogP contribution in [0.4, 0.5) is 11.6 Å². The molecule has 9 nitrogen and oxygen atoms in total. The molecule has 1 aromatic carbocycles. The Morgan fingerprint density at radius 1 is 1.14 bits per heavy atom. The molecule has 0 radical (unpaired) electrons. The summed E-state index contributed by atoms with van der Waals surface area (Å²) in [6.07, 6.45) is 3.67. The summed E-state index contributed by atoms with van der Waals surface area (Å²) in [6.45, 7) is 4.00. The van der Waals surface area contributed by atoms with Crippen LogP contribution in [0.25, 0.3) is 0 Å². The lowest BCUT2D eigenvalue weighted by atomic mass is 10.2. The van der Waals surface area contributed by atoms with Crippen molar-refractivity contribution in [3.05, 3.63) is 47.8 Å². The summed E-state index contributed by atoms with van der Waals surface area (Å²) < 4.78 is 5.04. The predicted molar refractivity (Wildman–Crippen MR) is 101 cm³/mol. The van der Waals surface area contributed by atoms with Crippen molar-refractivity contribution in [2.24, 2.45) is 0 Å². The Bertz CT molecular complexity index is 848. The van der Waals surface area contributed by atoms with Crippen LogP contribution in [-0.4, -0.2) is 70.8 Å². The molecule has 2 aromatic rings. The van der Waals surface area contributed by atoms with Gasteiger partial charge in [-0.2, -0.15) is 0 Å². The Balaban J connectivity index is 1.68. The highest BCUT2D eigenvalue weighted by molar-refractivity contribution is 5.96. The zero-order valence-corrected chi connectivity index (χ0v) is 15.5. The Kier molecular flexibility index (Phi) is 6.15. The number of rotatable bonds is 6. The minimum Gasteiger partial charge on any atom is -0.462 e. The number of ether oxygens (including phenoxy) is 1. The van der Waals surface area contributed by atoms with Crippen LogP contribution in [0.1, 0.15) is 27.6 Å². The third-order valence-electron chi connectivity index (χ3n) is 4.32. The van der Waals surface area contributed by atoms with E-state index in [1.165, 1.54) is 12.4 Å². The maximum Gasteiger partial charge on any atom is 0.340 e. The molecule has 0 saturated carbocycles. The van der Waals surface area contributed by atoms with Crippen LogP contribution >= 0.6 is 0 Å². The quantitative estimate of drug-likeness (QED) is 0.592. The number of piperazine rings is 1. The average Bonchev–Trinajstić information content (AvgIpc) is 2.74. The standard InChI is InChI=1S/C19H21N5O4/c1-2-28-18(27)15-5-3-4-6-16(15)22-19-20-11-14(12-21-19)17(26)24-9-7-23(13-25)8-10-24/h3-6,11-13H,2,7-10H2,1H3,(H,20,21,22). The minimum absolute atomic E-state index is 0.177. The summed E-state index contributed by atoms with van der Waals surface area (Å²) in [4.78, 5) is 47.0. The summed E-state index contributed by atoms with van der Waals surface area (Å²) >= 11 is 0. The molecule has 0 spiro atoms. The van der Waals surface area contributed by atoms with Gasteiger partial charge in [-0.1, -0.05) is 12.1 Å². The van der Waals surface area contributed by atoms with E-state index in [4.69, 9.17) is 4.74 Å². The zero-order valence-electron chi connectivity index (χ0n) is 15.5. The Morgan fingerprint density at radius 3 is 2.46 bits per heavy atom. The lowest BCUT2D eigenvalue weighted by Crippen LogP contribution is -2.48. The van der Waals surface area contributed by atoms with E-state index in [9.17, 15) is 14.4 Å². The van der Waals surface area contributed by atoms with Gasteiger partial charge in [-0.15, -0.1) is 0 Å². The maximum atomic E-state index is 12.5. The summed E-state index contributed by atoms with van der Waals surface area (Å²) in [5.74, 6) is -0.352. The second-order valence-electron chi connectivity index (χ2n) is 6.12. The minimum atomic E-state index is -0.438. The number of nitrogens with one attached hydrogen (secondary N) is 1. The Hall–Kier alpha value is -3.49. The molecule has 1 aliphatic rings. The zero-order chi connectivity index (χ0) is 19.9. The monoisotopic (exact) mass is 383 g/mol. The molecule has 0 unspecified atom stereocenters. The highest BCUT2D eigenvalue weighted by atomic mass is 16.5. The van der Waals surface area contributed by atoms with E-state index in [2.05, 4.69) is 15.3 Å². The summed E-state index contributed by atoms with van der Waals surface area (Å²) in [7, 11) is 0. The molecule has 0 atom stereocenters. The van der Waals surface area contributed by atoms with Crippen LogP contribution in [0, 0.1) is 0 Å². The smallest absolute Gasteiger partial charge is 0.340 e. The van der Waals surface area contributed by atoms with Gasteiger partial charge in [-0.25, -0.2) is 14.8 Å². The van der Waals surface area contributed by atoms with Crippen molar-refractivity contribution < 1.29 is 19.1 Å². The fraction of sp³-hybridized carbons (Fsp3) is 0.316. The molecule has 1 aromatic heterocycles. The number of benzene rings is 1. The molecule has 1 saturated heterocycles. The highest BCUT2D eigenvalue weighted by Crippen LogP contribution is 2.19. The number of hydrogen-bond acceptors (Lipinski definition) is 7. The largest absolute Gasteiger partial charge is 0.462 e. The second kappa shape index (κ2) is 8.94. The van der Waals surface area contributed by atoms with Gasteiger partial charge in [0.05, 0.1) is 23.4 Å². The van der Waals surface area contributed by atoms with Crippen molar-refractivity contribution >= 4 is 29.9 Å². The van der Waals surface area contributed by atoms with Gasteiger partial charge >= 0.3 is 5.97 Å². The molecule has 3 rings (SSSR count). The van der Waals surface area contributed by atoms with Crippen LogP contribution in [0.3, 0.4) is 0 Å². The van der Waals surface area contributed by atoms with Crippen molar-refractivity contribution in [3.8, 4) is 0 Å². The van der Waals surface area contributed by atoms with Crippen LogP contribution in [-0.2, 0) is 9.53 Å². The number of carbonyl (C=O) groups excluding carboxylic acids is 3. The lowest BCUT2D eigenvalue weighted by Gasteiger charge is -2.32. The van der Waals surface area contributed by atoms with Crippen LogP contribution in [0.5, 0.6) is 0 Å². The summed E-state index contributed by atoms with van der Waals surface area (Å²) in [6, 6.07) is 6.89. The molecule has 0 bridgehead atoms. The maximum absolute atomic E-state index is 12.5. The van der Waals surface area contributed by atoms with Crippen LogP contribution in [0.15, 0.2) is 36.7 Å². The van der Waals surface area contributed by atoms with E-state index in [-0.39, 0.29) is 18.5 Å². The Morgan fingerprint density at radius 2 is 1.82 bits per heavy atom. The molecule has 1 fully saturated rings. The predicted octanol–water partition coefficient (Wildman–Crippen LogP) is 1.31. The average molecular weight is 383 g/mol.